The number of anilines is 1. The van der Waals surface area contributed by atoms with Crippen molar-refractivity contribution in [1.29, 1.82) is 0 Å². The summed E-state index contributed by atoms with van der Waals surface area (Å²) in [6, 6.07) is 0. The van der Waals surface area contributed by atoms with Crippen LogP contribution < -0.4 is 5.32 Å². The average Bonchev–Trinajstić information content (AvgIpc) is 2.97. The predicted molar refractivity (Wildman–Crippen MR) is 71.1 cm³/mol. The molecule has 1 aromatic rings. The zero-order chi connectivity index (χ0) is 13.8. The van der Waals surface area contributed by atoms with E-state index in [9.17, 15) is 9.59 Å². The van der Waals surface area contributed by atoms with Gasteiger partial charge in [-0.1, -0.05) is 11.3 Å². The van der Waals surface area contributed by atoms with E-state index in [1.54, 1.807) is 0 Å². The molecule has 19 heavy (non-hydrogen) atoms. The number of aromatic carboxylic acids is 1. The largest absolute Gasteiger partial charge is 0.476 e. The molecule has 2 rings (SSSR count). The first-order chi connectivity index (χ1) is 9.08. The highest BCUT2D eigenvalue weighted by molar-refractivity contribution is 7.17. The molecule has 7 heteroatoms. The summed E-state index contributed by atoms with van der Waals surface area (Å²) in [5, 5.41) is 12.5. The minimum absolute atomic E-state index is 0.163. The molecule has 2 heterocycles. The molecular formula is C12H16N2O4S. The van der Waals surface area contributed by atoms with Crippen molar-refractivity contribution in [2.75, 3.05) is 25.1 Å². The zero-order valence-electron chi connectivity index (χ0n) is 10.6. The minimum atomic E-state index is -1.17. The van der Waals surface area contributed by atoms with Crippen molar-refractivity contribution in [3.8, 4) is 0 Å². The highest BCUT2D eigenvalue weighted by atomic mass is 32.1. The van der Waals surface area contributed by atoms with Crippen LogP contribution >= 0.6 is 11.3 Å². The number of rotatable bonds is 6. The molecule has 1 aliphatic rings. The third kappa shape index (κ3) is 3.51. The third-order valence-electron chi connectivity index (χ3n) is 3.00. The second-order valence-corrected chi connectivity index (χ2v) is 5.50. The van der Waals surface area contributed by atoms with Gasteiger partial charge in [-0.25, -0.2) is 9.78 Å². The van der Waals surface area contributed by atoms with Gasteiger partial charge in [0.25, 0.3) is 0 Å². The molecule has 6 nitrogen and oxygen atoms in total. The van der Waals surface area contributed by atoms with E-state index in [0.29, 0.717) is 17.6 Å². The van der Waals surface area contributed by atoms with Gasteiger partial charge in [-0.05, 0) is 18.8 Å². The first-order valence-corrected chi connectivity index (χ1v) is 6.96. The van der Waals surface area contributed by atoms with E-state index in [1.165, 1.54) is 6.92 Å². The van der Waals surface area contributed by atoms with Crippen molar-refractivity contribution in [1.82, 2.24) is 4.98 Å². The maximum absolute atomic E-state index is 11.3. The Bertz CT molecular complexity index is 449. The first kappa shape index (κ1) is 14.0. The Morgan fingerprint density at radius 3 is 2.89 bits per heavy atom. The predicted octanol–water partition coefficient (Wildman–Crippen LogP) is 1.88. The van der Waals surface area contributed by atoms with Crippen LogP contribution in [0.3, 0.4) is 0 Å². The fourth-order valence-electron chi connectivity index (χ4n) is 1.97. The van der Waals surface area contributed by atoms with E-state index >= 15 is 0 Å². The van der Waals surface area contributed by atoms with Crippen LogP contribution in [0.2, 0.25) is 0 Å². The second kappa shape index (κ2) is 6.12. The summed E-state index contributed by atoms with van der Waals surface area (Å²) in [6.07, 6.45) is 2.02. The topological polar surface area (TPSA) is 88.5 Å². The number of ketones is 1. The summed E-state index contributed by atoms with van der Waals surface area (Å²) in [5.41, 5.74) is -0.163. The van der Waals surface area contributed by atoms with Gasteiger partial charge in [0.2, 0.25) is 0 Å². The monoisotopic (exact) mass is 284 g/mol. The van der Waals surface area contributed by atoms with Crippen molar-refractivity contribution in [2.24, 2.45) is 5.92 Å². The summed E-state index contributed by atoms with van der Waals surface area (Å²) >= 11 is 1.09. The molecule has 1 fully saturated rings. The number of carboxylic acids is 1. The summed E-state index contributed by atoms with van der Waals surface area (Å²) < 4.78 is 5.28. The fourth-order valence-corrected chi connectivity index (χ4v) is 2.85. The third-order valence-corrected chi connectivity index (χ3v) is 4.12. The molecule has 1 aromatic heterocycles. The highest BCUT2D eigenvalue weighted by Gasteiger charge is 2.21. The van der Waals surface area contributed by atoms with E-state index in [2.05, 4.69) is 10.3 Å². The lowest BCUT2D eigenvalue weighted by Crippen LogP contribution is -2.09. The van der Waals surface area contributed by atoms with Crippen molar-refractivity contribution < 1.29 is 19.4 Å². The lowest BCUT2D eigenvalue weighted by atomic mass is 10.1. The number of ether oxygens (including phenoxy) is 1. The number of hydrogen-bond donors (Lipinski definition) is 2. The normalized spacial score (nSPS) is 18.5. The number of hydrogen-bond acceptors (Lipinski definition) is 6. The summed E-state index contributed by atoms with van der Waals surface area (Å²) in [4.78, 5) is 26.4. The molecule has 1 aliphatic heterocycles. The molecule has 1 unspecified atom stereocenters. The lowest BCUT2D eigenvalue weighted by molar-refractivity contribution is 0.0687. The van der Waals surface area contributed by atoms with E-state index in [4.69, 9.17) is 9.84 Å². The Morgan fingerprint density at radius 2 is 2.37 bits per heavy atom. The van der Waals surface area contributed by atoms with Crippen LogP contribution in [0.15, 0.2) is 0 Å². The molecule has 1 saturated heterocycles. The molecule has 104 valence electrons. The number of carbonyl (C=O) groups is 2. The van der Waals surface area contributed by atoms with Crippen LogP contribution in [0.1, 0.15) is 39.9 Å². The van der Waals surface area contributed by atoms with E-state index in [1.807, 2.05) is 0 Å². The average molecular weight is 284 g/mol. The number of Topliss-reactive ketones (excluding diaryl/α,β-unsaturated/α-hetero) is 1. The van der Waals surface area contributed by atoms with Crippen molar-refractivity contribution in [2.45, 2.75) is 19.8 Å². The van der Waals surface area contributed by atoms with Gasteiger partial charge in [0.05, 0.1) is 0 Å². The number of carboxylic acid groups (broad SMARTS) is 1. The SMILES string of the molecule is CC(=O)c1sc(NCCC2CCOC2)nc1C(=O)O. The fraction of sp³-hybridized carbons (Fsp3) is 0.583. The number of carbonyl (C=O) groups excluding carboxylic acids is 1. The van der Waals surface area contributed by atoms with Gasteiger partial charge in [0.1, 0.15) is 4.88 Å². The Hall–Kier alpha value is -1.47. The molecular weight excluding hydrogens is 268 g/mol. The Balaban J connectivity index is 1.94. The first-order valence-electron chi connectivity index (χ1n) is 6.14. The van der Waals surface area contributed by atoms with Gasteiger partial charge in [-0.15, -0.1) is 0 Å². The summed E-state index contributed by atoms with van der Waals surface area (Å²) in [6.45, 7) is 3.66. The van der Waals surface area contributed by atoms with Gasteiger partial charge in [-0.2, -0.15) is 0 Å². The van der Waals surface area contributed by atoms with Gasteiger partial charge in [0.15, 0.2) is 16.6 Å². The molecule has 0 aromatic carbocycles. The molecule has 0 spiro atoms. The van der Waals surface area contributed by atoms with Crippen molar-refractivity contribution >= 4 is 28.2 Å². The molecule has 2 N–H and O–H groups in total. The maximum Gasteiger partial charge on any atom is 0.356 e. The van der Waals surface area contributed by atoms with Gasteiger partial charge < -0.3 is 15.2 Å². The number of thiazole rings is 1. The van der Waals surface area contributed by atoms with Gasteiger partial charge in [-0.3, -0.25) is 4.79 Å². The molecule has 0 radical (unpaired) electrons. The maximum atomic E-state index is 11.3. The van der Waals surface area contributed by atoms with Crippen LogP contribution in [0.5, 0.6) is 0 Å². The standard InChI is InChI=1S/C12H16N2O4S/c1-7(15)10-9(11(16)17)14-12(19-10)13-4-2-8-3-5-18-6-8/h8H,2-6H2,1H3,(H,13,14)(H,16,17). The van der Waals surface area contributed by atoms with Crippen molar-refractivity contribution in [3.63, 3.8) is 0 Å². The number of nitrogens with zero attached hydrogens (tertiary/aromatic N) is 1. The van der Waals surface area contributed by atoms with Crippen LogP contribution in [-0.2, 0) is 4.74 Å². The van der Waals surface area contributed by atoms with E-state index in [0.717, 1.165) is 37.4 Å². The molecule has 0 bridgehead atoms. The van der Waals surface area contributed by atoms with Gasteiger partial charge in [0, 0.05) is 26.7 Å². The molecule has 0 amide bonds. The van der Waals surface area contributed by atoms with Crippen LogP contribution in [0, 0.1) is 5.92 Å². The highest BCUT2D eigenvalue weighted by Crippen LogP contribution is 2.24. The van der Waals surface area contributed by atoms with Crippen LogP contribution in [-0.4, -0.2) is 41.6 Å². The zero-order valence-corrected chi connectivity index (χ0v) is 11.5. The minimum Gasteiger partial charge on any atom is -0.476 e. The Kier molecular flexibility index (Phi) is 4.49. The Morgan fingerprint density at radius 1 is 1.58 bits per heavy atom. The van der Waals surface area contributed by atoms with Crippen LogP contribution in [0.25, 0.3) is 0 Å². The summed E-state index contributed by atoms with van der Waals surface area (Å²) in [5.74, 6) is -0.885. The lowest BCUT2D eigenvalue weighted by Gasteiger charge is -2.07. The molecule has 0 saturated carbocycles. The van der Waals surface area contributed by atoms with E-state index in [-0.39, 0.29) is 16.4 Å². The smallest absolute Gasteiger partial charge is 0.356 e. The number of aromatic nitrogens is 1. The van der Waals surface area contributed by atoms with Crippen molar-refractivity contribution in [3.05, 3.63) is 10.6 Å². The summed E-state index contributed by atoms with van der Waals surface area (Å²) in [7, 11) is 0. The Labute approximate surface area is 114 Å². The quantitative estimate of drug-likeness (QED) is 0.775. The number of nitrogens with one attached hydrogen (secondary N) is 1. The van der Waals surface area contributed by atoms with Gasteiger partial charge >= 0.3 is 5.97 Å². The van der Waals surface area contributed by atoms with Crippen LogP contribution in [0.4, 0.5) is 5.13 Å². The molecule has 0 aliphatic carbocycles. The second-order valence-electron chi connectivity index (χ2n) is 4.50. The molecule has 1 atom stereocenters. The van der Waals surface area contributed by atoms with E-state index < -0.39 is 5.97 Å².